The first-order valence-electron chi connectivity index (χ1n) is 6.41. The van der Waals surface area contributed by atoms with Crippen LogP contribution in [0.15, 0.2) is 41.0 Å². The van der Waals surface area contributed by atoms with E-state index in [1.807, 2.05) is 31.2 Å². The summed E-state index contributed by atoms with van der Waals surface area (Å²) in [4.78, 5) is 11.9. The lowest BCUT2D eigenvalue weighted by Crippen LogP contribution is -2.29. The van der Waals surface area contributed by atoms with Crippen molar-refractivity contribution in [2.75, 3.05) is 11.9 Å². The van der Waals surface area contributed by atoms with Gasteiger partial charge in [-0.05, 0) is 25.1 Å². The number of carbonyl (C=O) groups is 1. The molecule has 1 aliphatic rings. The van der Waals surface area contributed by atoms with Gasteiger partial charge in [0.25, 0.3) is 0 Å². The van der Waals surface area contributed by atoms with Crippen molar-refractivity contribution < 1.29 is 9.21 Å². The minimum absolute atomic E-state index is 0.0139. The van der Waals surface area contributed by atoms with Gasteiger partial charge in [0.05, 0.1) is 6.26 Å². The van der Waals surface area contributed by atoms with E-state index in [4.69, 9.17) is 4.42 Å². The summed E-state index contributed by atoms with van der Waals surface area (Å²) in [6.45, 7) is 2.74. The fourth-order valence-corrected chi connectivity index (χ4v) is 2.38. The van der Waals surface area contributed by atoms with Gasteiger partial charge in [-0.15, -0.1) is 0 Å². The molecule has 1 aromatic heterocycles. The summed E-state index contributed by atoms with van der Waals surface area (Å²) < 4.78 is 5.27. The van der Waals surface area contributed by atoms with E-state index in [0.29, 0.717) is 6.54 Å². The Labute approximate surface area is 111 Å². The largest absolute Gasteiger partial charge is 0.469 e. The first kappa shape index (κ1) is 12.0. The van der Waals surface area contributed by atoms with Crippen molar-refractivity contribution in [1.82, 2.24) is 5.32 Å². The zero-order chi connectivity index (χ0) is 13.2. The van der Waals surface area contributed by atoms with Gasteiger partial charge < -0.3 is 15.1 Å². The molecule has 1 atom stereocenters. The molecular weight excluding hydrogens is 240 g/mol. The number of furan rings is 1. The van der Waals surface area contributed by atoms with Gasteiger partial charge in [0.2, 0.25) is 5.91 Å². The third kappa shape index (κ3) is 2.39. The van der Waals surface area contributed by atoms with Gasteiger partial charge in [0.1, 0.15) is 11.8 Å². The number of rotatable bonds is 4. The van der Waals surface area contributed by atoms with Crippen molar-refractivity contribution in [3.05, 3.63) is 53.5 Å². The molecule has 0 radical (unpaired) electrons. The van der Waals surface area contributed by atoms with E-state index in [1.54, 1.807) is 6.26 Å². The van der Waals surface area contributed by atoms with Gasteiger partial charge in [0, 0.05) is 24.2 Å². The monoisotopic (exact) mass is 256 g/mol. The summed E-state index contributed by atoms with van der Waals surface area (Å²) in [5.74, 6) is 0.940. The third-order valence-electron chi connectivity index (χ3n) is 3.34. The third-order valence-corrected chi connectivity index (χ3v) is 3.34. The van der Waals surface area contributed by atoms with E-state index in [1.165, 1.54) is 0 Å². The van der Waals surface area contributed by atoms with Gasteiger partial charge in [-0.25, -0.2) is 0 Å². The highest BCUT2D eigenvalue weighted by molar-refractivity contribution is 6.02. The number of nitrogens with one attached hydrogen (secondary N) is 2. The van der Waals surface area contributed by atoms with Crippen molar-refractivity contribution in [1.29, 1.82) is 0 Å². The lowest BCUT2D eigenvalue weighted by molar-refractivity contribution is -0.117. The maximum absolute atomic E-state index is 11.9. The summed E-state index contributed by atoms with van der Waals surface area (Å²) in [6, 6.07) is 9.56. The van der Waals surface area contributed by atoms with Gasteiger partial charge >= 0.3 is 0 Å². The Hall–Kier alpha value is -2.07. The second-order valence-corrected chi connectivity index (χ2v) is 4.80. The molecule has 0 saturated heterocycles. The van der Waals surface area contributed by atoms with Crippen molar-refractivity contribution in [3.8, 4) is 0 Å². The smallest absolute Gasteiger partial charge is 0.246 e. The Kier molecular flexibility index (Phi) is 3.09. The highest BCUT2D eigenvalue weighted by Crippen LogP contribution is 2.31. The average Bonchev–Trinajstić information content (AvgIpc) is 2.99. The van der Waals surface area contributed by atoms with Crippen LogP contribution >= 0.6 is 0 Å². The molecule has 0 bridgehead atoms. The zero-order valence-electron chi connectivity index (χ0n) is 10.8. The lowest BCUT2D eigenvalue weighted by Gasteiger charge is -2.11. The number of amides is 1. The van der Waals surface area contributed by atoms with Gasteiger partial charge in [-0.1, -0.05) is 17.7 Å². The molecule has 1 aliphatic heterocycles. The standard InChI is InChI=1S/C15H16N2O2/c1-10-4-5-13-12(9-10)14(15(18)17-13)16-7-6-11-3-2-8-19-11/h2-5,8-9,14,16H,6-7H2,1H3,(H,17,18). The molecule has 1 amide bonds. The van der Waals surface area contributed by atoms with Crippen LogP contribution in [-0.4, -0.2) is 12.5 Å². The maximum Gasteiger partial charge on any atom is 0.246 e. The number of aryl methyl sites for hydroxylation is 1. The maximum atomic E-state index is 11.9. The highest BCUT2D eigenvalue weighted by Gasteiger charge is 2.29. The molecule has 1 aromatic carbocycles. The van der Waals surface area contributed by atoms with Crippen LogP contribution in [0.25, 0.3) is 0 Å². The van der Waals surface area contributed by atoms with Crippen LogP contribution in [-0.2, 0) is 11.2 Å². The highest BCUT2D eigenvalue weighted by atomic mass is 16.3. The first-order valence-corrected chi connectivity index (χ1v) is 6.41. The van der Waals surface area contributed by atoms with Crippen LogP contribution in [0.1, 0.15) is 22.9 Å². The predicted octanol–water partition coefficient (Wildman–Crippen LogP) is 2.41. The molecule has 98 valence electrons. The van der Waals surface area contributed by atoms with Crippen LogP contribution in [0, 0.1) is 6.92 Å². The number of benzene rings is 1. The van der Waals surface area contributed by atoms with Crippen molar-refractivity contribution in [2.45, 2.75) is 19.4 Å². The molecule has 1 unspecified atom stereocenters. The van der Waals surface area contributed by atoms with E-state index in [2.05, 4.69) is 16.7 Å². The zero-order valence-corrected chi connectivity index (χ0v) is 10.8. The van der Waals surface area contributed by atoms with E-state index in [-0.39, 0.29) is 11.9 Å². The number of hydrogen-bond acceptors (Lipinski definition) is 3. The Bertz CT molecular complexity index is 590. The minimum Gasteiger partial charge on any atom is -0.469 e. The summed E-state index contributed by atoms with van der Waals surface area (Å²) in [5, 5.41) is 6.17. The molecule has 0 aliphatic carbocycles. The van der Waals surface area contributed by atoms with Crippen molar-refractivity contribution >= 4 is 11.6 Å². The fraction of sp³-hybridized carbons (Fsp3) is 0.267. The Morgan fingerprint density at radius 3 is 3.05 bits per heavy atom. The molecular formula is C15H16N2O2. The van der Waals surface area contributed by atoms with Crippen LogP contribution in [0.4, 0.5) is 5.69 Å². The topological polar surface area (TPSA) is 54.3 Å². The number of fused-ring (bicyclic) bond motifs is 1. The predicted molar refractivity (Wildman–Crippen MR) is 73.0 cm³/mol. The minimum atomic E-state index is -0.259. The Balaban J connectivity index is 1.68. The van der Waals surface area contributed by atoms with Gasteiger partial charge in [0.15, 0.2) is 0 Å². The molecule has 2 N–H and O–H groups in total. The van der Waals surface area contributed by atoms with Crippen LogP contribution < -0.4 is 10.6 Å². The second-order valence-electron chi connectivity index (χ2n) is 4.80. The van der Waals surface area contributed by atoms with Crippen LogP contribution in [0.2, 0.25) is 0 Å². The summed E-state index contributed by atoms with van der Waals surface area (Å²) in [7, 11) is 0. The molecule has 0 spiro atoms. The quantitative estimate of drug-likeness (QED) is 0.883. The summed E-state index contributed by atoms with van der Waals surface area (Å²) >= 11 is 0. The lowest BCUT2D eigenvalue weighted by atomic mass is 10.1. The first-order chi connectivity index (χ1) is 9.24. The summed E-state index contributed by atoms with van der Waals surface area (Å²) in [6.07, 6.45) is 2.44. The second kappa shape index (κ2) is 4.90. The van der Waals surface area contributed by atoms with E-state index in [9.17, 15) is 4.79 Å². The number of carbonyl (C=O) groups excluding carboxylic acids is 1. The fourth-order valence-electron chi connectivity index (χ4n) is 2.38. The molecule has 2 aromatic rings. The SMILES string of the molecule is Cc1ccc2c(c1)C(NCCc1ccco1)C(=O)N2. The Morgan fingerprint density at radius 1 is 1.37 bits per heavy atom. The van der Waals surface area contributed by atoms with E-state index in [0.717, 1.165) is 29.0 Å². The number of hydrogen-bond donors (Lipinski definition) is 2. The summed E-state index contributed by atoms with van der Waals surface area (Å²) in [5.41, 5.74) is 3.10. The molecule has 3 rings (SSSR count). The molecule has 4 heteroatoms. The molecule has 2 heterocycles. The number of anilines is 1. The van der Waals surface area contributed by atoms with E-state index < -0.39 is 0 Å². The molecule has 4 nitrogen and oxygen atoms in total. The average molecular weight is 256 g/mol. The normalized spacial score (nSPS) is 17.3. The molecule has 19 heavy (non-hydrogen) atoms. The van der Waals surface area contributed by atoms with Gasteiger partial charge in [-0.3, -0.25) is 4.79 Å². The van der Waals surface area contributed by atoms with Crippen molar-refractivity contribution in [2.24, 2.45) is 0 Å². The van der Waals surface area contributed by atoms with Gasteiger partial charge in [-0.2, -0.15) is 0 Å². The van der Waals surface area contributed by atoms with Crippen LogP contribution in [0.5, 0.6) is 0 Å². The Morgan fingerprint density at radius 2 is 2.26 bits per heavy atom. The van der Waals surface area contributed by atoms with E-state index >= 15 is 0 Å². The van der Waals surface area contributed by atoms with Crippen molar-refractivity contribution in [3.63, 3.8) is 0 Å². The molecule has 0 fully saturated rings. The molecule has 0 saturated carbocycles. The van der Waals surface area contributed by atoms with Crippen LogP contribution in [0.3, 0.4) is 0 Å².